The molecule has 3 N–H and O–H groups in total. The van der Waals surface area contributed by atoms with Crippen LogP contribution in [0.25, 0.3) is 0 Å². The van der Waals surface area contributed by atoms with Crippen molar-refractivity contribution in [1.29, 1.82) is 0 Å². The van der Waals surface area contributed by atoms with Crippen molar-refractivity contribution in [3.8, 4) is 5.75 Å². The molecule has 5 nitrogen and oxygen atoms in total. The molecule has 1 heterocycles. The number of hydrogen-bond donors (Lipinski definition) is 2. The molecule has 24 heavy (non-hydrogen) atoms. The Hall–Kier alpha value is -2.34. The zero-order valence-corrected chi connectivity index (χ0v) is 14.5. The monoisotopic (exact) mass is 344 g/mol. The number of carbonyl (C=O) groups excluding carboxylic acids is 2. The molecule has 0 saturated heterocycles. The summed E-state index contributed by atoms with van der Waals surface area (Å²) in [6, 6.07) is 6.90. The van der Waals surface area contributed by atoms with Crippen molar-refractivity contribution in [3.05, 3.63) is 45.8 Å². The Labute approximate surface area is 144 Å². The highest BCUT2D eigenvalue weighted by Crippen LogP contribution is 2.39. The third-order valence-electron chi connectivity index (χ3n) is 4.31. The predicted octanol–water partition coefficient (Wildman–Crippen LogP) is 3.23. The van der Waals surface area contributed by atoms with E-state index in [2.05, 4.69) is 12.2 Å². The van der Waals surface area contributed by atoms with Crippen molar-refractivity contribution >= 4 is 28.2 Å². The lowest BCUT2D eigenvalue weighted by Crippen LogP contribution is -2.19. The predicted molar refractivity (Wildman–Crippen MR) is 95.0 cm³/mol. The normalized spacial score (nSPS) is 16.3. The number of ether oxygens (including phenoxy) is 1. The lowest BCUT2D eigenvalue weighted by Gasteiger charge is -2.18. The number of methoxy groups -OCH3 is 1. The number of hydrogen-bond acceptors (Lipinski definition) is 4. The molecular weight excluding hydrogens is 324 g/mol. The summed E-state index contributed by atoms with van der Waals surface area (Å²) in [5.74, 6) is 0.370. The summed E-state index contributed by atoms with van der Waals surface area (Å²) in [6.45, 7) is 2.17. The van der Waals surface area contributed by atoms with E-state index in [0.29, 0.717) is 27.8 Å². The van der Waals surface area contributed by atoms with Gasteiger partial charge in [0, 0.05) is 10.4 Å². The average Bonchev–Trinajstić information content (AvgIpc) is 2.91. The molecule has 2 amide bonds. The number of thiophene rings is 1. The molecule has 0 bridgehead atoms. The fourth-order valence-electron chi connectivity index (χ4n) is 3.05. The number of benzene rings is 1. The Kier molecular flexibility index (Phi) is 4.57. The van der Waals surface area contributed by atoms with Crippen LogP contribution >= 0.6 is 11.3 Å². The Morgan fingerprint density at radius 1 is 1.38 bits per heavy atom. The van der Waals surface area contributed by atoms with Crippen molar-refractivity contribution in [2.45, 2.75) is 26.2 Å². The molecule has 1 aliphatic rings. The second-order valence-corrected chi connectivity index (χ2v) is 7.21. The van der Waals surface area contributed by atoms with Gasteiger partial charge < -0.3 is 15.8 Å². The van der Waals surface area contributed by atoms with E-state index in [9.17, 15) is 9.59 Å². The van der Waals surface area contributed by atoms with E-state index in [1.165, 1.54) is 11.3 Å². The lowest BCUT2D eigenvalue weighted by molar-refractivity contribution is 0.1000. The average molecular weight is 344 g/mol. The van der Waals surface area contributed by atoms with E-state index >= 15 is 0 Å². The van der Waals surface area contributed by atoms with Crippen LogP contribution < -0.4 is 15.8 Å². The Morgan fingerprint density at radius 2 is 2.17 bits per heavy atom. The zero-order valence-electron chi connectivity index (χ0n) is 13.7. The quantitative estimate of drug-likeness (QED) is 0.893. The first-order valence-electron chi connectivity index (χ1n) is 7.89. The van der Waals surface area contributed by atoms with E-state index in [1.54, 1.807) is 31.4 Å². The molecule has 0 spiro atoms. The number of carbonyl (C=O) groups is 2. The van der Waals surface area contributed by atoms with Crippen LogP contribution in [0.5, 0.6) is 5.75 Å². The molecule has 1 aromatic carbocycles. The first kappa shape index (κ1) is 16.5. The van der Waals surface area contributed by atoms with Gasteiger partial charge >= 0.3 is 0 Å². The van der Waals surface area contributed by atoms with Crippen molar-refractivity contribution in [2.75, 3.05) is 12.4 Å². The number of aryl methyl sites for hydroxylation is 1. The molecule has 126 valence electrons. The number of amides is 2. The van der Waals surface area contributed by atoms with Gasteiger partial charge in [-0.3, -0.25) is 9.59 Å². The van der Waals surface area contributed by atoms with Gasteiger partial charge in [0.15, 0.2) is 0 Å². The van der Waals surface area contributed by atoms with E-state index in [1.807, 2.05) is 0 Å². The summed E-state index contributed by atoms with van der Waals surface area (Å²) in [5.41, 5.74) is 7.54. The van der Waals surface area contributed by atoms with Crippen molar-refractivity contribution < 1.29 is 14.3 Å². The number of primary amides is 1. The zero-order chi connectivity index (χ0) is 17.3. The van der Waals surface area contributed by atoms with Gasteiger partial charge in [0.05, 0.1) is 12.7 Å². The summed E-state index contributed by atoms with van der Waals surface area (Å²) < 4.78 is 5.14. The second-order valence-electron chi connectivity index (χ2n) is 6.11. The van der Waals surface area contributed by atoms with Crippen LogP contribution in [0.3, 0.4) is 0 Å². The highest BCUT2D eigenvalue weighted by atomic mass is 32.1. The van der Waals surface area contributed by atoms with Gasteiger partial charge in [0.2, 0.25) is 0 Å². The van der Waals surface area contributed by atoms with E-state index < -0.39 is 5.91 Å². The summed E-state index contributed by atoms with van der Waals surface area (Å²) in [4.78, 5) is 25.6. The number of rotatable bonds is 4. The van der Waals surface area contributed by atoms with Crippen LogP contribution in [0.15, 0.2) is 24.3 Å². The van der Waals surface area contributed by atoms with Crippen molar-refractivity contribution in [1.82, 2.24) is 0 Å². The summed E-state index contributed by atoms with van der Waals surface area (Å²) in [7, 11) is 1.55. The summed E-state index contributed by atoms with van der Waals surface area (Å²) in [6.07, 6.45) is 2.85. The molecule has 6 heteroatoms. The van der Waals surface area contributed by atoms with Gasteiger partial charge in [-0.2, -0.15) is 0 Å². The van der Waals surface area contributed by atoms with Crippen LogP contribution in [0, 0.1) is 5.92 Å². The molecule has 2 aromatic rings. The first-order chi connectivity index (χ1) is 11.5. The second kappa shape index (κ2) is 6.65. The van der Waals surface area contributed by atoms with Crippen molar-refractivity contribution in [3.63, 3.8) is 0 Å². The van der Waals surface area contributed by atoms with E-state index in [4.69, 9.17) is 10.5 Å². The fourth-order valence-corrected chi connectivity index (χ4v) is 4.29. The van der Waals surface area contributed by atoms with Gasteiger partial charge in [-0.1, -0.05) is 13.0 Å². The Bertz CT molecular complexity index is 798. The highest BCUT2D eigenvalue weighted by Gasteiger charge is 2.27. The SMILES string of the molecule is COc1cccc(C(=O)Nc2sc3c(c2C(N)=O)C[C@H](C)CC3)c1. The maximum atomic E-state index is 12.5. The first-order valence-corrected chi connectivity index (χ1v) is 8.71. The van der Waals surface area contributed by atoms with E-state index in [-0.39, 0.29) is 5.91 Å². The fraction of sp³-hybridized carbons (Fsp3) is 0.333. The minimum atomic E-state index is -0.484. The molecule has 0 fully saturated rings. The Balaban J connectivity index is 1.92. The molecule has 0 unspecified atom stereocenters. The summed E-state index contributed by atoms with van der Waals surface area (Å²) in [5, 5.41) is 3.41. The molecule has 1 aliphatic carbocycles. The minimum Gasteiger partial charge on any atom is -0.497 e. The van der Waals surface area contributed by atoms with Gasteiger partial charge in [0.1, 0.15) is 10.8 Å². The molecule has 3 rings (SSSR count). The molecule has 0 saturated carbocycles. The number of fused-ring (bicyclic) bond motifs is 1. The molecule has 1 atom stereocenters. The minimum absolute atomic E-state index is 0.275. The summed E-state index contributed by atoms with van der Waals surface area (Å²) >= 11 is 1.46. The number of nitrogens with one attached hydrogen (secondary N) is 1. The molecule has 0 radical (unpaired) electrons. The largest absolute Gasteiger partial charge is 0.497 e. The number of anilines is 1. The molecule has 1 aromatic heterocycles. The van der Waals surface area contributed by atoms with E-state index in [0.717, 1.165) is 29.7 Å². The van der Waals surface area contributed by atoms with Gasteiger partial charge in [-0.25, -0.2) is 0 Å². The maximum Gasteiger partial charge on any atom is 0.256 e. The lowest BCUT2D eigenvalue weighted by atomic mass is 9.87. The maximum absolute atomic E-state index is 12.5. The third kappa shape index (κ3) is 3.14. The smallest absolute Gasteiger partial charge is 0.256 e. The van der Waals surface area contributed by atoms with Crippen LogP contribution in [0.4, 0.5) is 5.00 Å². The molecule has 0 aliphatic heterocycles. The van der Waals surface area contributed by atoms with Crippen molar-refractivity contribution in [2.24, 2.45) is 11.7 Å². The van der Waals surface area contributed by atoms with Gasteiger partial charge in [0.25, 0.3) is 11.8 Å². The molecular formula is C18H20N2O3S. The van der Waals surface area contributed by atoms with Crippen LogP contribution in [-0.2, 0) is 12.8 Å². The highest BCUT2D eigenvalue weighted by molar-refractivity contribution is 7.17. The topological polar surface area (TPSA) is 81.4 Å². The van der Waals surface area contributed by atoms with Crippen LogP contribution in [0.1, 0.15) is 44.5 Å². The third-order valence-corrected chi connectivity index (χ3v) is 5.52. The standard InChI is InChI=1S/C18H20N2O3S/c1-10-6-7-14-13(8-10)15(16(19)21)18(24-14)20-17(22)11-4-3-5-12(9-11)23-2/h3-5,9-10H,6-8H2,1-2H3,(H2,19,21)(H,20,22)/t10-/m1/s1. The Morgan fingerprint density at radius 3 is 2.88 bits per heavy atom. The van der Waals surface area contributed by atoms with Crippen LogP contribution in [-0.4, -0.2) is 18.9 Å². The number of nitrogens with two attached hydrogens (primary N) is 1. The van der Waals surface area contributed by atoms with Gasteiger partial charge in [-0.05, 0) is 48.9 Å². The van der Waals surface area contributed by atoms with Crippen LogP contribution in [0.2, 0.25) is 0 Å². The van der Waals surface area contributed by atoms with Gasteiger partial charge in [-0.15, -0.1) is 11.3 Å².